The van der Waals surface area contributed by atoms with Crippen molar-refractivity contribution in [2.75, 3.05) is 31.6 Å². The first-order valence-corrected chi connectivity index (χ1v) is 11.4. The van der Waals surface area contributed by atoms with Crippen molar-refractivity contribution in [2.24, 2.45) is 17.6 Å². The van der Waals surface area contributed by atoms with E-state index in [0.29, 0.717) is 6.04 Å². The number of piperidine rings is 1. The van der Waals surface area contributed by atoms with E-state index in [1.165, 1.54) is 18.5 Å². The van der Waals surface area contributed by atoms with Crippen LogP contribution in [-0.2, 0) is 9.53 Å². The van der Waals surface area contributed by atoms with Crippen LogP contribution in [0.5, 0.6) is 0 Å². The predicted octanol–water partition coefficient (Wildman–Crippen LogP) is 4.89. The van der Waals surface area contributed by atoms with Crippen LogP contribution in [0.25, 0.3) is 0 Å². The second-order valence-corrected chi connectivity index (χ2v) is 9.32. The third kappa shape index (κ3) is 9.16. The van der Waals surface area contributed by atoms with Gasteiger partial charge in [-0.2, -0.15) is 0 Å². The molecule has 1 saturated heterocycles. The lowest BCUT2D eigenvalue weighted by Crippen LogP contribution is -2.42. The van der Waals surface area contributed by atoms with Crippen LogP contribution in [0.2, 0.25) is 0 Å². The Labute approximate surface area is 217 Å². The monoisotopic (exact) mass is 522 g/mol. The van der Waals surface area contributed by atoms with Gasteiger partial charge in [0.2, 0.25) is 0 Å². The molecule has 1 aromatic rings. The molecule has 0 radical (unpaired) electrons. The van der Waals surface area contributed by atoms with Gasteiger partial charge in [0.05, 0.1) is 12.0 Å². The van der Waals surface area contributed by atoms with Crippen LogP contribution in [0.1, 0.15) is 57.9 Å². The summed E-state index contributed by atoms with van der Waals surface area (Å²) in [5.41, 5.74) is 7.55. The Morgan fingerprint density at radius 1 is 1.06 bits per heavy atom. The highest BCUT2D eigenvalue weighted by Crippen LogP contribution is 2.30. The quantitative estimate of drug-likeness (QED) is 0.302. The highest BCUT2D eigenvalue weighted by molar-refractivity contribution is 5.95. The van der Waals surface area contributed by atoms with Gasteiger partial charge in [-0.3, -0.25) is 10.2 Å². The first-order chi connectivity index (χ1) is 14.3. The molecule has 2 fully saturated rings. The van der Waals surface area contributed by atoms with Gasteiger partial charge in [0.15, 0.2) is 0 Å². The molecule has 1 aromatic carbocycles. The summed E-state index contributed by atoms with van der Waals surface area (Å²) in [6.07, 6.45) is 6.48. The highest BCUT2D eigenvalue weighted by Gasteiger charge is 2.31. The lowest BCUT2D eigenvalue weighted by Gasteiger charge is -2.39. The average Bonchev–Trinajstić information content (AvgIpc) is 2.74. The molecule has 0 aromatic heterocycles. The fraction of sp³-hybridized carbons (Fsp3) is 0.667. The molecule has 1 aliphatic carbocycles. The van der Waals surface area contributed by atoms with Gasteiger partial charge in [0, 0.05) is 36.9 Å². The van der Waals surface area contributed by atoms with Crippen LogP contribution in [0.4, 0.5) is 5.69 Å². The van der Waals surface area contributed by atoms with Crippen molar-refractivity contribution in [3.05, 3.63) is 29.8 Å². The highest BCUT2D eigenvalue weighted by atomic mass is 35.5. The van der Waals surface area contributed by atoms with Crippen LogP contribution >= 0.6 is 37.2 Å². The molecule has 9 heteroatoms. The van der Waals surface area contributed by atoms with Crippen LogP contribution in [0.15, 0.2) is 24.3 Å². The Hall–Kier alpha value is -1.21. The zero-order valence-electron chi connectivity index (χ0n) is 20.0. The number of ether oxygens (including phenoxy) is 1. The van der Waals surface area contributed by atoms with Gasteiger partial charge in [0.1, 0.15) is 5.84 Å². The van der Waals surface area contributed by atoms with Crippen molar-refractivity contribution in [1.29, 1.82) is 5.41 Å². The lowest BCUT2D eigenvalue weighted by molar-refractivity contribution is -0.153. The van der Waals surface area contributed by atoms with E-state index in [9.17, 15) is 4.79 Å². The molecule has 3 rings (SSSR count). The zero-order chi connectivity index (χ0) is 21.7. The van der Waals surface area contributed by atoms with E-state index in [2.05, 4.69) is 29.0 Å². The molecule has 0 spiro atoms. The van der Waals surface area contributed by atoms with E-state index in [1.807, 2.05) is 26.0 Å². The van der Waals surface area contributed by atoms with Crippen molar-refractivity contribution >= 4 is 54.7 Å². The minimum Gasteiger partial charge on any atom is -0.463 e. The smallest absolute Gasteiger partial charge is 0.309 e. The minimum absolute atomic E-state index is 0. The first-order valence-electron chi connectivity index (χ1n) is 11.4. The molecule has 0 atom stereocenters. The number of nitrogen functional groups attached to an aromatic ring is 1. The van der Waals surface area contributed by atoms with E-state index in [-0.39, 0.29) is 61.0 Å². The minimum atomic E-state index is -0.0177. The van der Waals surface area contributed by atoms with Gasteiger partial charge in [0.25, 0.3) is 0 Å². The molecule has 190 valence electrons. The summed E-state index contributed by atoms with van der Waals surface area (Å²) < 4.78 is 5.40. The van der Waals surface area contributed by atoms with Crippen molar-refractivity contribution in [3.8, 4) is 0 Å². The van der Waals surface area contributed by atoms with Crippen LogP contribution in [-0.4, -0.2) is 55.5 Å². The van der Waals surface area contributed by atoms with E-state index in [1.54, 1.807) is 0 Å². The van der Waals surface area contributed by atoms with Gasteiger partial charge in [-0.1, -0.05) is 0 Å². The molecule has 1 heterocycles. The number of carbonyl (C=O) groups is 1. The van der Waals surface area contributed by atoms with Gasteiger partial charge in [-0.15, -0.1) is 37.2 Å². The molecule has 2 aliphatic rings. The van der Waals surface area contributed by atoms with Gasteiger partial charge < -0.3 is 20.3 Å². The van der Waals surface area contributed by atoms with Crippen LogP contribution in [0.3, 0.4) is 0 Å². The molecule has 1 saturated carbocycles. The van der Waals surface area contributed by atoms with Gasteiger partial charge in [-0.25, -0.2) is 0 Å². The molecule has 6 nitrogen and oxygen atoms in total. The molecule has 0 amide bonds. The van der Waals surface area contributed by atoms with Crippen molar-refractivity contribution in [2.45, 2.75) is 64.5 Å². The number of nitrogens with zero attached hydrogens (tertiary/aromatic N) is 2. The number of nitrogens with one attached hydrogen (secondary N) is 1. The Bertz CT molecular complexity index is 717. The molecule has 0 unspecified atom stereocenters. The number of carbonyl (C=O) groups excluding carboxylic acids is 1. The number of esters is 1. The molecule has 1 aliphatic heterocycles. The Morgan fingerprint density at radius 2 is 1.61 bits per heavy atom. The summed E-state index contributed by atoms with van der Waals surface area (Å²) >= 11 is 0. The standard InChI is InChI=1S/C24H38N4O2.3ClH/c1-17(2)30-24(29)20-6-8-21(9-7-20)27(3)16-18-12-14-28(15-13-18)22-10-4-19(5-11-22)23(25)26;;;/h4-5,10-11,17-18,20-21H,6-9,12-16H2,1-3H3,(H3,25,26);3*1H/t20-,21-;;;. The number of anilines is 1. The fourth-order valence-corrected chi connectivity index (χ4v) is 4.86. The number of nitrogens with two attached hydrogens (primary N) is 1. The van der Waals surface area contributed by atoms with E-state index in [4.69, 9.17) is 15.9 Å². The van der Waals surface area contributed by atoms with Crippen molar-refractivity contribution in [3.63, 3.8) is 0 Å². The van der Waals surface area contributed by atoms with E-state index < -0.39 is 0 Å². The molecule has 3 N–H and O–H groups in total. The number of hydrogen-bond donors (Lipinski definition) is 2. The third-order valence-corrected chi connectivity index (χ3v) is 6.71. The van der Waals surface area contributed by atoms with Crippen molar-refractivity contribution in [1.82, 2.24) is 4.90 Å². The zero-order valence-corrected chi connectivity index (χ0v) is 22.4. The maximum absolute atomic E-state index is 12.1. The summed E-state index contributed by atoms with van der Waals surface area (Å²) in [7, 11) is 2.25. The Balaban J connectivity index is 0.00000341. The number of halogens is 3. The summed E-state index contributed by atoms with van der Waals surface area (Å²) in [5, 5.41) is 7.52. The average molecular weight is 524 g/mol. The predicted molar refractivity (Wildman–Crippen MR) is 144 cm³/mol. The lowest BCUT2D eigenvalue weighted by atomic mass is 9.85. The van der Waals surface area contributed by atoms with Gasteiger partial charge in [-0.05, 0) is 89.6 Å². The summed E-state index contributed by atoms with van der Waals surface area (Å²) in [6.45, 7) is 7.13. The van der Waals surface area contributed by atoms with Crippen LogP contribution in [0, 0.1) is 17.2 Å². The SMILES string of the molecule is CC(C)OC(=O)[C@H]1CC[C@H](N(C)CC2CCN(c3ccc(C(=N)N)cc3)CC2)CC1.Cl.Cl.Cl. The van der Waals surface area contributed by atoms with Gasteiger partial charge >= 0.3 is 5.97 Å². The second-order valence-electron chi connectivity index (χ2n) is 9.32. The molecule has 0 bridgehead atoms. The summed E-state index contributed by atoms with van der Waals surface area (Å²) in [6, 6.07) is 8.61. The molecular weight excluding hydrogens is 483 g/mol. The van der Waals surface area contributed by atoms with E-state index >= 15 is 0 Å². The maximum Gasteiger partial charge on any atom is 0.309 e. The first kappa shape index (κ1) is 31.8. The number of amidine groups is 1. The number of rotatable bonds is 7. The molecular formula is C24H41Cl3N4O2. The van der Waals surface area contributed by atoms with Crippen LogP contribution < -0.4 is 10.6 Å². The topological polar surface area (TPSA) is 82.7 Å². The normalized spacial score (nSPS) is 20.9. The number of hydrogen-bond acceptors (Lipinski definition) is 5. The van der Waals surface area contributed by atoms with E-state index in [0.717, 1.165) is 56.8 Å². The third-order valence-electron chi connectivity index (χ3n) is 6.71. The fourth-order valence-electron chi connectivity index (χ4n) is 4.86. The number of benzene rings is 1. The maximum atomic E-state index is 12.1. The summed E-state index contributed by atoms with van der Waals surface area (Å²) in [5.74, 6) is 0.935. The second kappa shape index (κ2) is 14.9. The molecule has 33 heavy (non-hydrogen) atoms. The Morgan fingerprint density at radius 3 is 2.09 bits per heavy atom. The Kier molecular flexibility index (Phi) is 14.4. The van der Waals surface area contributed by atoms with Crippen molar-refractivity contribution < 1.29 is 9.53 Å². The summed E-state index contributed by atoms with van der Waals surface area (Å²) in [4.78, 5) is 17.1. The largest absolute Gasteiger partial charge is 0.463 e.